The summed E-state index contributed by atoms with van der Waals surface area (Å²) in [7, 11) is -3.51. The van der Waals surface area contributed by atoms with E-state index in [4.69, 9.17) is 9.72 Å². The first-order valence-electron chi connectivity index (χ1n) is 25.0. The molecule has 8 heteroatoms. The van der Waals surface area contributed by atoms with E-state index in [1.165, 1.54) is 39.3 Å². The van der Waals surface area contributed by atoms with Crippen LogP contribution >= 0.6 is 0 Å². The first-order chi connectivity index (χ1) is 32.6. The molecule has 8 aromatic rings. The minimum atomic E-state index is -1.76. The average Bonchev–Trinajstić information content (AvgIpc) is 3.84. The van der Waals surface area contributed by atoms with Crippen molar-refractivity contribution in [2.75, 3.05) is 9.80 Å². The van der Waals surface area contributed by atoms with Crippen molar-refractivity contribution in [1.29, 1.82) is 0 Å². The van der Waals surface area contributed by atoms with Crippen LogP contribution in [0.4, 0.5) is 22.7 Å². The van der Waals surface area contributed by atoms with E-state index in [0.717, 1.165) is 57.4 Å². The molecule has 0 radical (unpaired) electrons. The molecule has 3 heterocycles. The third-order valence-corrected chi connectivity index (χ3v) is 19.5. The van der Waals surface area contributed by atoms with Crippen molar-refractivity contribution in [3.05, 3.63) is 175 Å². The summed E-state index contributed by atoms with van der Waals surface area (Å²) < 4.78 is 9.29. The van der Waals surface area contributed by atoms with E-state index in [1.807, 2.05) is 6.20 Å². The molecule has 1 fully saturated rings. The molecule has 70 heavy (non-hydrogen) atoms. The third-order valence-electron chi connectivity index (χ3n) is 15.5. The summed E-state index contributed by atoms with van der Waals surface area (Å²) in [4.78, 5) is 9.96. The van der Waals surface area contributed by atoms with Crippen LogP contribution in [0.1, 0.15) is 84.4 Å². The van der Waals surface area contributed by atoms with Crippen molar-refractivity contribution in [1.82, 2.24) is 9.55 Å². The number of benzene rings is 6. The van der Waals surface area contributed by atoms with Gasteiger partial charge in [0.05, 0.1) is 16.1 Å². The number of aromatic nitrogens is 2. The fourth-order valence-corrected chi connectivity index (χ4v) is 15.6. The van der Waals surface area contributed by atoms with Gasteiger partial charge in [-0.05, 0) is 86.3 Å². The van der Waals surface area contributed by atoms with Crippen LogP contribution in [0, 0.1) is 29.6 Å². The number of rotatable bonds is 9. The Balaban J connectivity index is 0.00000608. The Morgan fingerprint density at radius 2 is 1.23 bits per heavy atom. The van der Waals surface area contributed by atoms with Gasteiger partial charge in [-0.25, -0.2) is 4.98 Å². The molecule has 6 aromatic carbocycles. The summed E-state index contributed by atoms with van der Waals surface area (Å²) >= 11 is 0. The number of para-hydroxylation sites is 4. The molecule has 364 valence electrons. The summed E-state index contributed by atoms with van der Waals surface area (Å²) in [6, 6.07) is 56.6. The molecular weight excluding hydrogens is 1070 g/mol. The number of hydrogen-bond donors (Lipinski definition) is 0. The quantitative estimate of drug-likeness (QED) is 0.107. The van der Waals surface area contributed by atoms with Crippen molar-refractivity contribution < 1.29 is 25.8 Å². The molecule has 0 N–H and O–H groups in total. The molecule has 0 saturated heterocycles. The normalized spacial score (nSPS) is 16.6. The first-order valence-corrected chi connectivity index (χ1v) is 32.0. The Morgan fingerprint density at radius 1 is 0.614 bits per heavy atom. The maximum absolute atomic E-state index is 7.00. The van der Waals surface area contributed by atoms with Gasteiger partial charge in [0.15, 0.2) is 0 Å². The SMILES string of the molecule is CC(C)(C)c1cc(Oc2[c-]c3c(cc2)c2ccccc2n3-c2cc(C3(c4ccccc4)C(C)(C)CCCC3(C)C)ccn2)[c-]c(N2[CH-]N(c3c([Si](C)(C)C)cccc3[Si](C)(C)C)c3ccccc32)c1.[Pt]. The van der Waals surface area contributed by atoms with Crippen LogP contribution < -0.4 is 24.9 Å². The predicted molar refractivity (Wildman–Crippen MR) is 298 cm³/mol. The molecule has 2 aliphatic rings. The van der Waals surface area contributed by atoms with E-state index in [0.29, 0.717) is 11.5 Å². The molecule has 10 rings (SSSR count). The maximum Gasteiger partial charge on any atom is 0.135 e. The molecule has 0 unspecified atom stereocenters. The molecule has 5 nitrogen and oxygen atoms in total. The van der Waals surface area contributed by atoms with Crippen molar-refractivity contribution in [2.45, 2.75) is 118 Å². The van der Waals surface area contributed by atoms with Crippen LogP contribution in [0.25, 0.3) is 27.6 Å². The minimum absolute atomic E-state index is 0. The van der Waals surface area contributed by atoms with E-state index in [2.05, 4.69) is 254 Å². The average molecular weight is 1140 g/mol. The standard InChI is InChI=1S/C62H69N4OSi2.Pt/c1-59(2,3)45-37-46(64-42-65(53-28-20-19-27-52(53)64)58-55(68(8,9)10)29-21-30-56(58)69(11,12)13)40-48(38-45)67-47-31-32-50-49-25-17-18-26-51(49)66(54(50)41-47)57-39-44(33-36-63-57)62(43-23-15-14-16-24-43)60(4,5)34-22-35-61(62,6)7;/h14-21,23-33,36-39,42H,22,34-35H2,1-13H3;/q-3;. The van der Waals surface area contributed by atoms with Gasteiger partial charge >= 0.3 is 0 Å². The zero-order valence-corrected chi connectivity index (χ0v) is 47.8. The summed E-state index contributed by atoms with van der Waals surface area (Å²) in [5.74, 6) is 2.16. The Labute approximate surface area is 434 Å². The van der Waals surface area contributed by atoms with Gasteiger partial charge in [-0.2, -0.15) is 6.07 Å². The van der Waals surface area contributed by atoms with Gasteiger partial charge in [-0.1, -0.05) is 179 Å². The Hall–Kier alpha value is -5.21. The number of ether oxygens (including phenoxy) is 1. The van der Waals surface area contributed by atoms with E-state index < -0.39 is 16.1 Å². The molecule has 1 aliphatic carbocycles. The predicted octanol–water partition coefficient (Wildman–Crippen LogP) is 15.9. The Kier molecular flexibility index (Phi) is 12.7. The largest absolute Gasteiger partial charge is 0.509 e. The molecule has 0 amide bonds. The zero-order valence-electron chi connectivity index (χ0n) is 43.5. The summed E-state index contributed by atoms with van der Waals surface area (Å²) in [5, 5.41) is 5.22. The second kappa shape index (κ2) is 17.8. The Morgan fingerprint density at radius 3 is 1.87 bits per heavy atom. The molecular formula is C62H69N4OPtSi2-3. The maximum atomic E-state index is 7.00. The second-order valence-electron chi connectivity index (χ2n) is 24.1. The van der Waals surface area contributed by atoms with Crippen LogP contribution in [-0.4, -0.2) is 25.7 Å². The van der Waals surface area contributed by atoms with Crippen LogP contribution in [-0.2, 0) is 31.9 Å². The molecule has 1 saturated carbocycles. The van der Waals surface area contributed by atoms with Crippen molar-refractivity contribution in [2.24, 2.45) is 10.8 Å². The van der Waals surface area contributed by atoms with Crippen LogP contribution in [0.2, 0.25) is 39.3 Å². The number of hydrogen-bond acceptors (Lipinski definition) is 4. The third kappa shape index (κ3) is 8.32. The molecule has 2 aromatic heterocycles. The topological polar surface area (TPSA) is 33.5 Å². The number of fused-ring (bicyclic) bond motifs is 4. The van der Waals surface area contributed by atoms with E-state index in [-0.39, 0.29) is 42.7 Å². The van der Waals surface area contributed by atoms with Gasteiger partial charge < -0.3 is 19.1 Å². The monoisotopic (exact) mass is 1140 g/mol. The van der Waals surface area contributed by atoms with Crippen molar-refractivity contribution >= 4 is 71.1 Å². The van der Waals surface area contributed by atoms with Crippen LogP contribution in [0.3, 0.4) is 0 Å². The van der Waals surface area contributed by atoms with Gasteiger partial charge in [0.2, 0.25) is 0 Å². The van der Waals surface area contributed by atoms with Gasteiger partial charge in [-0.15, -0.1) is 53.6 Å². The van der Waals surface area contributed by atoms with Crippen molar-refractivity contribution in [3.63, 3.8) is 0 Å². The van der Waals surface area contributed by atoms with Gasteiger partial charge in [0.25, 0.3) is 0 Å². The summed E-state index contributed by atoms with van der Waals surface area (Å²) in [6.07, 6.45) is 5.53. The van der Waals surface area contributed by atoms with Gasteiger partial charge in [0.1, 0.15) is 5.82 Å². The van der Waals surface area contributed by atoms with Crippen LogP contribution in [0.15, 0.2) is 140 Å². The number of anilines is 4. The molecule has 0 spiro atoms. The van der Waals surface area contributed by atoms with E-state index in [9.17, 15) is 0 Å². The number of nitrogens with zero attached hydrogens (tertiary/aromatic N) is 4. The number of pyridine rings is 1. The summed E-state index contributed by atoms with van der Waals surface area (Å²) in [6.45, 7) is 33.8. The Bertz CT molecular complexity index is 3200. The zero-order chi connectivity index (χ0) is 48.9. The van der Waals surface area contributed by atoms with Gasteiger partial charge in [0, 0.05) is 66.8 Å². The molecule has 0 bridgehead atoms. The fourth-order valence-electron chi connectivity index (χ4n) is 12.4. The smallest absolute Gasteiger partial charge is 0.135 e. The summed E-state index contributed by atoms with van der Waals surface area (Å²) in [5.41, 5.74) is 10.00. The molecule has 1 aliphatic heterocycles. The fraction of sp³-hybridized carbons (Fsp3) is 0.323. The molecule has 0 atom stereocenters. The first kappa shape index (κ1) is 49.8. The second-order valence-corrected chi connectivity index (χ2v) is 34.2. The van der Waals surface area contributed by atoms with Crippen LogP contribution in [0.5, 0.6) is 11.5 Å². The van der Waals surface area contributed by atoms with Crippen molar-refractivity contribution in [3.8, 4) is 17.3 Å². The van der Waals surface area contributed by atoms with E-state index >= 15 is 0 Å². The van der Waals surface area contributed by atoms with Gasteiger partial charge in [-0.3, -0.25) is 0 Å². The van der Waals surface area contributed by atoms with E-state index in [1.54, 1.807) is 0 Å². The minimum Gasteiger partial charge on any atom is -0.509 e.